The highest BCUT2D eigenvalue weighted by Crippen LogP contribution is 2.28. The van der Waals surface area contributed by atoms with Gasteiger partial charge in [0.25, 0.3) is 0 Å². The molecule has 1 aliphatic heterocycles. The smallest absolute Gasteiger partial charge is 0.0531 e. The molecule has 0 amide bonds. The van der Waals surface area contributed by atoms with Crippen LogP contribution in [0.2, 0.25) is 0 Å². The fourth-order valence-electron chi connectivity index (χ4n) is 2.83. The van der Waals surface area contributed by atoms with Crippen LogP contribution in [0.25, 0.3) is 0 Å². The van der Waals surface area contributed by atoms with Crippen LogP contribution < -0.4 is 10.6 Å². The zero-order valence-electron chi connectivity index (χ0n) is 12.6. The molecule has 1 saturated heterocycles. The van der Waals surface area contributed by atoms with Gasteiger partial charge in [-0.05, 0) is 39.3 Å². The SMILES string of the molecule is CCCCCC(C)NCC1(COC)CCNCC1. The second kappa shape index (κ2) is 8.89. The topological polar surface area (TPSA) is 33.3 Å². The van der Waals surface area contributed by atoms with Gasteiger partial charge in [-0.1, -0.05) is 26.2 Å². The maximum absolute atomic E-state index is 5.45. The molecular weight excluding hydrogens is 224 g/mol. The average Bonchev–Trinajstić information content (AvgIpc) is 2.38. The lowest BCUT2D eigenvalue weighted by atomic mass is 9.79. The highest BCUT2D eigenvalue weighted by molar-refractivity contribution is 4.87. The van der Waals surface area contributed by atoms with Crippen molar-refractivity contribution in [3.05, 3.63) is 0 Å². The highest BCUT2D eigenvalue weighted by atomic mass is 16.5. The molecule has 1 fully saturated rings. The molecule has 108 valence electrons. The minimum absolute atomic E-state index is 0.360. The summed E-state index contributed by atoms with van der Waals surface area (Å²) in [6.07, 6.45) is 7.79. The fourth-order valence-corrected chi connectivity index (χ4v) is 2.83. The minimum atomic E-state index is 0.360. The Morgan fingerprint density at radius 2 is 2.00 bits per heavy atom. The number of hydrogen-bond donors (Lipinski definition) is 2. The quantitative estimate of drug-likeness (QED) is 0.622. The average molecular weight is 256 g/mol. The Morgan fingerprint density at radius 1 is 1.28 bits per heavy atom. The Morgan fingerprint density at radius 3 is 2.61 bits per heavy atom. The van der Waals surface area contributed by atoms with Crippen molar-refractivity contribution < 1.29 is 4.74 Å². The highest BCUT2D eigenvalue weighted by Gasteiger charge is 2.31. The van der Waals surface area contributed by atoms with Gasteiger partial charge in [-0.15, -0.1) is 0 Å². The van der Waals surface area contributed by atoms with E-state index in [1.807, 2.05) is 7.11 Å². The van der Waals surface area contributed by atoms with Gasteiger partial charge in [0.2, 0.25) is 0 Å². The van der Waals surface area contributed by atoms with Crippen molar-refractivity contribution in [1.82, 2.24) is 10.6 Å². The molecule has 0 radical (unpaired) electrons. The van der Waals surface area contributed by atoms with E-state index in [0.717, 1.165) is 26.2 Å². The predicted molar refractivity (Wildman–Crippen MR) is 78.0 cm³/mol. The molecule has 2 N–H and O–H groups in total. The number of unbranched alkanes of at least 4 members (excludes halogenated alkanes) is 2. The third-order valence-corrected chi connectivity index (χ3v) is 4.18. The van der Waals surface area contributed by atoms with Crippen molar-refractivity contribution in [1.29, 1.82) is 0 Å². The summed E-state index contributed by atoms with van der Waals surface area (Å²) in [4.78, 5) is 0. The van der Waals surface area contributed by atoms with E-state index < -0.39 is 0 Å². The van der Waals surface area contributed by atoms with Crippen LogP contribution in [0.4, 0.5) is 0 Å². The van der Waals surface area contributed by atoms with Crippen LogP contribution in [-0.4, -0.2) is 39.4 Å². The van der Waals surface area contributed by atoms with Crippen molar-refractivity contribution in [2.75, 3.05) is 33.4 Å². The van der Waals surface area contributed by atoms with Gasteiger partial charge in [-0.2, -0.15) is 0 Å². The Kier molecular flexibility index (Phi) is 7.87. The van der Waals surface area contributed by atoms with Crippen LogP contribution in [0.5, 0.6) is 0 Å². The number of nitrogens with one attached hydrogen (secondary N) is 2. The van der Waals surface area contributed by atoms with Crippen LogP contribution in [0, 0.1) is 5.41 Å². The lowest BCUT2D eigenvalue weighted by Crippen LogP contribution is -2.47. The summed E-state index contributed by atoms with van der Waals surface area (Å²) >= 11 is 0. The van der Waals surface area contributed by atoms with Gasteiger partial charge in [0, 0.05) is 25.1 Å². The third-order valence-electron chi connectivity index (χ3n) is 4.18. The molecule has 0 aliphatic carbocycles. The Bertz CT molecular complexity index is 197. The Labute approximate surface area is 113 Å². The molecule has 1 atom stereocenters. The largest absolute Gasteiger partial charge is 0.384 e. The first kappa shape index (κ1) is 15.9. The van der Waals surface area contributed by atoms with Gasteiger partial charge >= 0.3 is 0 Å². The maximum atomic E-state index is 5.45. The van der Waals surface area contributed by atoms with Crippen molar-refractivity contribution in [3.63, 3.8) is 0 Å². The van der Waals surface area contributed by atoms with E-state index in [1.165, 1.54) is 38.5 Å². The van der Waals surface area contributed by atoms with Crippen LogP contribution in [0.1, 0.15) is 52.4 Å². The van der Waals surface area contributed by atoms with Crippen LogP contribution in [0.3, 0.4) is 0 Å². The Hall–Kier alpha value is -0.120. The molecule has 0 aromatic rings. The zero-order chi connectivity index (χ0) is 13.3. The van der Waals surface area contributed by atoms with E-state index in [4.69, 9.17) is 4.74 Å². The summed E-state index contributed by atoms with van der Waals surface area (Å²) in [6.45, 7) is 8.85. The number of ether oxygens (including phenoxy) is 1. The number of hydrogen-bond acceptors (Lipinski definition) is 3. The molecule has 0 saturated carbocycles. The third kappa shape index (κ3) is 5.68. The first-order chi connectivity index (χ1) is 8.72. The molecule has 3 nitrogen and oxygen atoms in total. The molecule has 0 aromatic carbocycles. The molecular formula is C15H32N2O. The van der Waals surface area contributed by atoms with Gasteiger partial charge in [-0.25, -0.2) is 0 Å². The lowest BCUT2D eigenvalue weighted by molar-refractivity contribution is 0.0516. The van der Waals surface area contributed by atoms with Crippen LogP contribution in [0.15, 0.2) is 0 Å². The standard InChI is InChI=1S/C15H32N2O/c1-4-5-6-7-14(2)17-12-15(13-18-3)8-10-16-11-9-15/h14,16-17H,4-13H2,1-3H3. The van der Waals surface area contributed by atoms with E-state index in [1.54, 1.807) is 0 Å². The van der Waals surface area contributed by atoms with Gasteiger partial charge in [0.05, 0.1) is 6.61 Å². The van der Waals surface area contributed by atoms with Gasteiger partial charge in [0.1, 0.15) is 0 Å². The second-order valence-corrected chi connectivity index (χ2v) is 5.96. The molecule has 0 bridgehead atoms. The monoisotopic (exact) mass is 256 g/mol. The van der Waals surface area contributed by atoms with Gasteiger partial charge < -0.3 is 15.4 Å². The molecule has 1 unspecified atom stereocenters. The summed E-state index contributed by atoms with van der Waals surface area (Å²) < 4.78 is 5.45. The summed E-state index contributed by atoms with van der Waals surface area (Å²) in [6, 6.07) is 0.639. The number of methoxy groups -OCH3 is 1. The summed E-state index contributed by atoms with van der Waals surface area (Å²) in [5.74, 6) is 0. The fraction of sp³-hybridized carbons (Fsp3) is 1.00. The molecule has 0 aromatic heterocycles. The molecule has 1 aliphatic rings. The van der Waals surface area contributed by atoms with Crippen LogP contribution in [-0.2, 0) is 4.74 Å². The molecule has 0 spiro atoms. The first-order valence-corrected chi connectivity index (χ1v) is 7.65. The minimum Gasteiger partial charge on any atom is -0.384 e. The summed E-state index contributed by atoms with van der Waals surface area (Å²) in [5.41, 5.74) is 0.360. The predicted octanol–water partition coefficient (Wildman–Crippen LogP) is 2.56. The lowest BCUT2D eigenvalue weighted by Gasteiger charge is -2.38. The van der Waals surface area contributed by atoms with Crippen molar-refractivity contribution in [2.24, 2.45) is 5.41 Å². The summed E-state index contributed by atoms with van der Waals surface area (Å²) in [7, 11) is 1.83. The van der Waals surface area contributed by atoms with E-state index in [9.17, 15) is 0 Å². The molecule has 3 heteroatoms. The molecule has 18 heavy (non-hydrogen) atoms. The van der Waals surface area contributed by atoms with E-state index >= 15 is 0 Å². The van der Waals surface area contributed by atoms with Gasteiger partial charge in [0.15, 0.2) is 0 Å². The number of piperidine rings is 1. The number of rotatable bonds is 9. The summed E-state index contributed by atoms with van der Waals surface area (Å²) in [5, 5.41) is 7.17. The zero-order valence-corrected chi connectivity index (χ0v) is 12.6. The maximum Gasteiger partial charge on any atom is 0.0531 e. The van der Waals surface area contributed by atoms with Crippen molar-refractivity contribution in [3.8, 4) is 0 Å². The first-order valence-electron chi connectivity index (χ1n) is 7.65. The van der Waals surface area contributed by atoms with Crippen molar-refractivity contribution in [2.45, 2.75) is 58.4 Å². The van der Waals surface area contributed by atoms with E-state index in [2.05, 4.69) is 24.5 Å². The van der Waals surface area contributed by atoms with E-state index in [-0.39, 0.29) is 0 Å². The molecule has 1 rings (SSSR count). The second-order valence-electron chi connectivity index (χ2n) is 5.96. The van der Waals surface area contributed by atoms with Gasteiger partial charge in [-0.3, -0.25) is 0 Å². The van der Waals surface area contributed by atoms with Crippen LogP contribution >= 0.6 is 0 Å². The van der Waals surface area contributed by atoms with Crippen molar-refractivity contribution >= 4 is 0 Å². The van der Waals surface area contributed by atoms with E-state index in [0.29, 0.717) is 11.5 Å². The molecule has 1 heterocycles. The Balaban J connectivity index is 2.28. The normalized spacial score (nSPS) is 20.8.